The highest BCUT2D eigenvalue weighted by Gasteiger charge is 2.28. The molecule has 5 heteroatoms. The fourth-order valence-corrected chi connectivity index (χ4v) is 4.00. The Labute approximate surface area is 124 Å². The number of hydrogen-bond donors (Lipinski definition) is 1. The maximum Gasteiger partial charge on any atom is 0.243 e. The van der Waals surface area contributed by atoms with E-state index in [2.05, 4.69) is 0 Å². The second kappa shape index (κ2) is 5.16. The van der Waals surface area contributed by atoms with E-state index >= 15 is 0 Å². The van der Waals surface area contributed by atoms with Crippen molar-refractivity contribution < 1.29 is 13.5 Å². The van der Waals surface area contributed by atoms with Gasteiger partial charge in [-0.25, -0.2) is 8.42 Å². The summed E-state index contributed by atoms with van der Waals surface area (Å²) in [5.74, 6) is 0.170. The van der Waals surface area contributed by atoms with E-state index < -0.39 is 10.0 Å². The molecule has 0 atom stereocenters. The Hall–Kier alpha value is -1.85. The standard InChI is InChI=1S/C16H17NO3S/c1-12-2-6-16(7-3-12)21(19,20)17-9-8-13-4-5-15(18)10-14(13)11-17/h2-7,10,18H,8-9,11H2,1H3. The summed E-state index contributed by atoms with van der Waals surface area (Å²) in [6, 6.07) is 12.0. The average molecular weight is 303 g/mol. The Bertz CT molecular complexity index is 767. The molecule has 1 aliphatic rings. The Kier molecular flexibility index (Phi) is 3.47. The van der Waals surface area contributed by atoms with Crippen LogP contribution in [0.4, 0.5) is 0 Å². The molecule has 0 saturated heterocycles. The summed E-state index contributed by atoms with van der Waals surface area (Å²) in [5, 5.41) is 9.56. The Morgan fingerprint density at radius 3 is 2.48 bits per heavy atom. The van der Waals surface area contributed by atoms with E-state index in [0.717, 1.165) is 16.7 Å². The summed E-state index contributed by atoms with van der Waals surface area (Å²) in [7, 11) is -3.48. The molecule has 0 bridgehead atoms. The van der Waals surface area contributed by atoms with Crippen LogP contribution in [0.2, 0.25) is 0 Å². The van der Waals surface area contributed by atoms with Gasteiger partial charge in [0.05, 0.1) is 4.90 Å². The van der Waals surface area contributed by atoms with Crippen molar-refractivity contribution in [3.63, 3.8) is 0 Å². The first-order valence-electron chi connectivity index (χ1n) is 6.84. The molecule has 2 aromatic carbocycles. The lowest BCUT2D eigenvalue weighted by Gasteiger charge is -2.28. The van der Waals surface area contributed by atoms with E-state index in [4.69, 9.17) is 0 Å². The molecule has 0 aliphatic carbocycles. The monoisotopic (exact) mass is 303 g/mol. The van der Waals surface area contributed by atoms with Gasteiger partial charge in [-0.1, -0.05) is 23.8 Å². The van der Waals surface area contributed by atoms with Gasteiger partial charge < -0.3 is 5.11 Å². The largest absolute Gasteiger partial charge is 0.508 e. The van der Waals surface area contributed by atoms with Crippen molar-refractivity contribution >= 4 is 10.0 Å². The predicted octanol–water partition coefficient (Wildman–Crippen LogP) is 2.45. The summed E-state index contributed by atoms with van der Waals surface area (Å²) in [5.41, 5.74) is 3.00. The lowest BCUT2D eigenvalue weighted by molar-refractivity contribution is 0.389. The topological polar surface area (TPSA) is 57.6 Å². The normalized spacial score (nSPS) is 15.7. The third-order valence-corrected chi connectivity index (χ3v) is 5.69. The number of rotatable bonds is 2. The quantitative estimate of drug-likeness (QED) is 0.927. The minimum atomic E-state index is -3.48. The van der Waals surface area contributed by atoms with E-state index in [1.54, 1.807) is 36.4 Å². The van der Waals surface area contributed by atoms with Crippen molar-refractivity contribution in [2.45, 2.75) is 24.8 Å². The van der Waals surface area contributed by atoms with Gasteiger partial charge in [0.1, 0.15) is 5.75 Å². The zero-order valence-corrected chi connectivity index (χ0v) is 12.6. The van der Waals surface area contributed by atoms with Crippen LogP contribution >= 0.6 is 0 Å². The van der Waals surface area contributed by atoms with E-state index in [9.17, 15) is 13.5 Å². The average Bonchev–Trinajstić information content (AvgIpc) is 2.47. The third kappa shape index (κ3) is 2.66. The van der Waals surface area contributed by atoms with Crippen LogP contribution in [-0.4, -0.2) is 24.4 Å². The fraction of sp³-hybridized carbons (Fsp3) is 0.250. The molecule has 0 amide bonds. The summed E-state index contributed by atoms with van der Waals surface area (Å²) in [4.78, 5) is 0.316. The van der Waals surface area contributed by atoms with Crippen molar-refractivity contribution in [2.24, 2.45) is 0 Å². The van der Waals surface area contributed by atoms with E-state index in [0.29, 0.717) is 24.4 Å². The molecule has 0 radical (unpaired) electrons. The Morgan fingerprint density at radius 2 is 1.76 bits per heavy atom. The molecule has 0 saturated carbocycles. The molecule has 0 fully saturated rings. The molecule has 2 aromatic rings. The van der Waals surface area contributed by atoms with Crippen LogP contribution in [0.1, 0.15) is 16.7 Å². The zero-order chi connectivity index (χ0) is 15.0. The highest BCUT2D eigenvalue weighted by atomic mass is 32.2. The van der Waals surface area contributed by atoms with Gasteiger partial charge in [0, 0.05) is 13.1 Å². The van der Waals surface area contributed by atoms with E-state index in [1.165, 1.54) is 4.31 Å². The minimum absolute atomic E-state index is 0.170. The van der Waals surface area contributed by atoms with Crippen LogP contribution in [0.15, 0.2) is 47.4 Å². The number of sulfonamides is 1. The molecule has 3 rings (SSSR count). The summed E-state index contributed by atoms with van der Waals surface area (Å²) < 4.78 is 26.8. The van der Waals surface area contributed by atoms with Gasteiger partial charge in [0.15, 0.2) is 0 Å². The number of phenols is 1. The van der Waals surface area contributed by atoms with E-state index in [-0.39, 0.29) is 5.75 Å². The number of benzene rings is 2. The minimum Gasteiger partial charge on any atom is -0.508 e. The Morgan fingerprint density at radius 1 is 1.05 bits per heavy atom. The molecular weight excluding hydrogens is 286 g/mol. The van der Waals surface area contributed by atoms with Crippen LogP contribution in [0.5, 0.6) is 5.75 Å². The van der Waals surface area contributed by atoms with Crippen molar-refractivity contribution in [1.29, 1.82) is 0 Å². The number of hydrogen-bond acceptors (Lipinski definition) is 3. The first-order chi connectivity index (χ1) is 9.96. The predicted molar refractivity (Wildman–Crippen MR) is 80.6 cm³/mol. The van der Waals surface area contributed by atoms with E-state index in [1.807, 2.05) is 13.0 Å². The van der Waals surface area contributed by atoms with Crippen LogP contribution in [0.25, 0.3) is 0 Å². The molecule has 4 nitrogen and oxygen atoms in total. The summed E-state index contributed by atoms with van der Waals surface area (Å²) in [6.45, 7) is 2.70. The maximum atomic E-state index is 12.7. The molecule has 0 unspecified atom stereocenters. The van der Waals surface area contributed by atoms with Gasteiger partial charge in [-0.3, -0.25) is 0 Å². The van der Waals surface area contributed by atoms with Crippen LogP contribution < -0.4 is 0 Å². The number of aryl methyl sites for hydroxylation is 1. The lowest BCUT2D eigenvalue weighted by Crippen LogP contribution is -2.35. The molecule has 1 heterocycles. The smallest absolute Gasteiger partial charge is 0.243 e. The number of phenolic OH excluding ortho intramolecular Hbond substituents is 1. The molecule has 110 valence electrons. The van der Waals surface area contributed by atoms with Crippen LogP contribution in [0.3, 0.4) is 0 Å². The van der Waals surface area contributed by atoms with Crippen molar-refractivity contribution in [1.82, 2.24) is 4.31 Å². The van der Waals surface area contributed by atoms with Gasteiger partial charge >= 0.3 is 0 Å². The Balaban J connectivity index is 1.93. The molecule has 0 spiro atoms. The van der Waals surface area contributed by atoms with Gasteiger partial charge in [0.2, 0.25) is 10.0 Å². The highest BCUT2D eigenvalue weighted by Crippen LogP contribution is 2.27. The van der Waals surface area contributed by atoms with Crippen molar-refractivity contribution in [2.75, 3.05) is 6.54 Å². The van der Waals surface area contributed by atoms with Gasteiger partial charge in [-0.2, -0.15) is 4.31 Å². The fourth-order valence-electron chi connectivity index (χ4n) is 2.58. The molecule has 0 aromatic heterocycles. The van der Waals surface area contributed by atoms with Crippen LogP contribution in [0, 0.1) is 6.92 Å². The number of fused-ring (bicyclic) bond motifs is 1. The molecular formula is C16H17NO3S. The summed E-state index contributed by atoms with van der Waals surface area (Å²) >= 11 is 0. The second-order valence-electron chi connectivity index (χ2n) is 5.35. The zero-order valence-electron chi connectivity index (χ0n) is 11.8. The van der Waals surface area contributed by atoms with Gasteiger partial charge in [-0.05, 0) is 48.7 Å². The SMILES string of the molecule is Cc1ccc(S(=O)(=O)N2CCc3ccc(O)cc3C2)cc1. The van der Waals surface area contributed by atoms with Crippen molar-refractivity contribution in [3.05, 3.63) is 59.2 Å². The number of aromatic hydroxyl groups is 1. The first kappa shape index (κ1) is 14.1. The lowest BCUT2D eigenvalue weighted by atomic mass is 10.0. The van der Waals surface area contributed by atoms with Gasteiger partial charge in [0.25, 0.3) is 0 Å². The third-order valence-electron chi connectivity index (χ3n) is 3.83. The molecule has 21 heavy (non-hydrogen) atoms. The molecule has 1 N–H and O–H groups in total. The number of nitrogens with zero attached hydrogens (tertiary/aromatic N) is 1. The second-order valence-corrected chi connectivity index (χ2v) is 7.29. The molecule has 1 aliphatic heterocycles. The van der Waals surface area contributed by atoms with Crippen molar-refractivity contribution in [3.8, 4) is 5.75 Å². The highest BCUT2D eigenvalue weighted by molar-refractivity contribution is 7.89. The summed E-state index contributed by atoms with van der Waals surface area (Å²) in [6.07, 6.45) is 0.667. The maximum absolute atomic E-state index is 12.7. The van der Waals surface area contributed by atoms with Gasteiger partial charge in [-0.15, -0.1) is 0 Å². The van der Waals surface area contributed by atoms with Crippen LogP contribution in [-0.2, 0) is 23.0 Å². The first-order valence-corrected chi connectivity index (χ1v) is 8.28.